The monoisotopic (exact) mass is 278 g/mol. The van der Waals surface area contributed by atoms with Crippen LogP contribution in [0.5, 0.6) is 0 Å². The first-order chi connectivity index (χ1) is 8.44. The van der Waals surface area contributed by atoms with Gasteiger partial charge in [0.1, 0.15) is 6.33 Å². The van der Waals surface area contributed by atoms with E-state index in [1.165, 1.54) is 18.7 Å². The predicted molar refractivity (Wildman–Crippen MR) is 66.7 cm³/mol. The van der Waals surface area contributed by atoms with Gasteiger partial charge in [0.25, 0.3) is 0 Å². The van der Waals surface area contributed by atoms with Crippen molar-refractivity contribution in [3.63, 3.8) is 0 Å². The first-order valence-corrected chi connectivity index (χ1v) is 7.50. The van der Waals surface area contributed by atoms with Crippen LogP contribution in [0.15, 0.2) is 18.7 Å². The van der Waals surface area contributed by atoms with Crippen molar-refractivity contribution in [3.8, 4) is 0 Å². The molecule has 3 unspecified atom stereocenters. The average Bonchev–Trinajstić information content (AvgIpc) is 2.78. The molecule has 0 aliphatic heterocycles. The Morgan fingerprint density at radius 1 is 1.44 bits per heavy atom. The Labute approximate surface area is 107 Å². The third-order valence-corrected chi connectivity index (χ3v) is 3.72. The van der Waals surface area contributed by atoms with Gasteiger partial charge in [-0.25, -0.2) is 9.55 Å². The molecule has 3 atom stereocenters. The molecule has 7 heteroatoms. The fourth-order valence-corrected chi connectivity index (χ4v) is 2.32. The van der Waals surface area contributed by atoms with Crippen molar-refractivity contribution in [1.29, 1.82) is 0 Å². The number of nitrogens with zero attached hydrogens (tertiary/aromatic N) is 2. The Hall–Kier alpha value is -0.870. The molecule has 18 heavy (non-hydrogen) atoms. The molecule has 0 fully saturated rings. The van der Waals surface area contributed by atoms with Crippen molar-refractivity contribution in [2.45, 2.75) is 33.6 Å². The number of hydrogen-bond acceptors (Lipinski definition) is 4. The molecule has 0 amide bonds. The van der Waals surface area contributed by atoms with Crippen LogP contribution in [0.25, 0.3) is 0 Å². The van der Waals surface area contributed by atoms with E-state index >= 15 is 0 Å². The van der Waals surface area contributed by atoms with E-state index in [4.69, 9.17) is 4.52 Å². The summed E-state index contributed by atoms with van der Waals surface area (Å²) in [6, 6.07) is 0. The Bertz CT molecular complexity index is 386. The molecule has 5 nitrogen and oxygen atoms in total. The topological polar surface area (TPSA) is 53.4 Å². The van der Waals surface area contributed by atoms with Crippen molar-refractivity contribution < 1.29 is 17.9 Å². The number of halogens is 1. The van der Waals surface area contributed by atoms with Crippen molar-refractivity contribution in [2.75, 3.05) is 6.61 Å². The lowest BCUT2D eigenvalue weighted by Crippen LogP contribution is -2.15. The Morgan fingerprint density at radius 2 is 2.17 bits per heavy atom. The molecule has 0 aliphatic carbocycles. The highest BCUT2D eigenvalue weighted by Crippen LogP contribution is 2.47. The van der Waals surface area contributed by atoms with E-state index in [1.807, 2.05) is 6.92 Å². The zero-order chi connectivity index (χ0) is 13.6. The molecule has 1 rings (SSSR count). The van der Waals surface area contributed by atoms with Gasteiger partial charge in [-0.2, -0.15) is 4.73 Å². The SMILES string of the molecule is CCCC(C)C(C)COP(=O)(F)On1ccnc1. The molecule has 0 aliphatic rings. The fraction of sp³-hybridized carbons (Fsp3) is 0.727. The van der Waals surface area contributed by atoms with Crippen molar-refractivity contribution in [1.82, 2.24) is 9.71 Å². The normalized spacial score (nSPS) is 18.0. The third kappa shape index (κ3) is 5.19. The van der Waals surface area contributed by atoms with Crippen LogP contribution in [0, 0.1) is 11.8 Å². The maximum atomic E-state index is 13.5. The van der Waals surface area contributed by atoms with Gasteiger partial charge in [0.2, 0.25) is 0 Å². The van der Waals surface area contributed by atoms with E-state index in [1.54, 1.807) is 0 Å². The van der Waals surface area contributed by atoms with Gasteiger partial charge >= 0.3 is 7.91 Å². The van der Waals surface area contributed by atoms with Gasteiger partial charge in [-0.1, -0.05) is 33.6 Å². The van der Waals surface area contributed by atoms with Crippen LogP contribution in [0.2, 0.25) is 0 Å². The molecular formula is C11H20FN2O3P. The predicted octanol–water partition coefficient (Wildman–Crippen LogP) is 3.48. The minimum absolute atomic E-state index is 0.0731. The van der Waals surface area contributed by atoms with Crippen LogP contribution in [0.3, 0.4) is 0 Å². The third-order valence-electron chi connectivity index (χ3n) is 2.88. The second-order valence-corrected chi connectivity index (χ2v) is 5.76. The molecule has 0 spiro atoms. The van der Waals surface area contributed by atoms with Gasteiger partial charge in [-0.15, -0.1) is 4.20 Å². The molecule has 0 bridgehead atoms. The van der Waals surface area contributed by atoms with E-state index in [0.29, 0.717) is 5.92 Å². The highest BCUT2D eigenvalue weighted by Gasteiger charge is 2.28. The van der Waals surface area contributed by atoms with E-state index in [-0.39, 0.29) is 12.5 Å². The van der Waals surface area contributed by atoms with Gasteiger partial charge in [0.15, 0.2) is 0 Å². The lowest BCUT2D eigenvalue weighted by atomic mass is 9.93. The summed E-state index contributed by atoms with van der Waals surface area (Å²) in [6.45, 7) is 6.17. The summed E-state index contributed by atoms with van der Waals surface area (Å²) in [5, 5.41) is 0. The summed E-state index contributed by atoms with van der Waals surface area (Å²) >= 11 is 0. The first-order valence-electron chi connectivity index (χ1n) is 6.07. The average molecular weight is 278 g/mol. The highest BCUT2D eigenvalue weighted by atomic mass is 31.2. The van der Waals surface area contributed by atoms with Gasteiger partial charge in [-0.3, -0.25) is 4.52 Å². The van der Waals surface area contributed by atoms with E-state index in [9.17, 15) is 8.76 Å². The summed E-state index contributed by atoms with van der Waals surface area (Å²) in [5.74, 6) is 0.517. The van der Waals surface area contributed by atoms with Crippen molar-refractivity contribution in [3.05, 3.63) is 18.7 Å². The smallest absolute Gasteiger partial charge is 0.307 e. The van der Waals surface area contributed by atoms with Crippen LogP contribution >= 0.6 is 7.91 Å². The Balaban J connectivity index is 2.39. The summed E-state index contributed by atoms with van der Waals surface area (Å²) in [6.07, 6.45) is 6.04. The van der Waals surface area contributed by atoms with Gasteiger partial charge < -0.3 is 4.62 Å². The Kier molecular flexibility index (Phi) is 5.82. The molecule has 104 valence electrons. The summed E-state index contributed by atoms with van der Waals surface area (Å²) in [5.41, 5.74) is 0. The fourth-order valence-electron chi connectivity index (χ4n) is 1.54. The quantitative estimate of drug-likeness (QED) is 0.683. The molecule has 0 N–H and O–H groups in total. The molecule has 0 radical (unpaired) electrons. The first kappa shape index (κ1) is 15.2. The summed E-state index contributed by atoms with van der Waals surface area (Å²) in [7, 11) is -4.57. The molecule has 0 aromatic carbocycles. The zero-order valence-corrected chi connectivity index (χ0v) is 11.8. The summed E-state index contributed by atoms with van der Waals surface area (Å²) in [4.78, 5) is 3.65. The van der Waals surface area contributed by atoms with Crippen LogP contribution in [-0.4, -0.2) is 16.3 Å². The van der Waals surface area contributed by atoms with Crippen LogP contribution in [-0.2, 0) is 9.09 Å². The number of aromatic nitrogens is 2. The van der Waals surface area contributed by atoms with Gasteiger partial charge in [-0.05, 0) is 11.8 Å². The molecule has 1 aromatic heterocycles. The molecule has 0 saturated heterocycles. The molecule has 0 saturated carbocycles. The zero-order valence-electron chi connectivity index (χ0n) is 11.0. The lowest BCUT2D eigenvalue weighted by molar-refractivity contribution is 0.130. The highest BCUT2D eigenvalue weighted by molar-refractivity contribution is 7.48. The largest absolute Gasteiger partial charge is 0.589 e. The van der Waals surface area contributed by atoms with Crippen molar-refractivity contribution in [2.24, 2.45) is 11.8 Å². The summed E-state index contributed by atoms with van der Waals surface area (Å²) < 4.78 is 35.2. The lowest BCUT2D eigenvalue weighted by Gasteiger charge is -2.19. The van der Waals surface area contributed by atoms with E-state index < -0.39 is 7.91 Å². The second-order valence-electron chi connectivity index (χ2n) is 4.47. The minimum atomic E-state index is -4.57. The van der Waals surface area contributed by atoms with Gasteiger partial charge in [0.05, 0.1) is 12.8 Å². The maximum Gasteiger partial charge on any atom is 0.589 e. The van der Waals surface area contributed by atoms with E-state index in [0.717, 1.165) is 17.6 Å². The Morgan fingerprint density at radius 3 is 2.72 bits per heavy atom. The minimum Gasteiger partial charge on any atom is -0.307 e. The van der Waals surface area contributed by atoms with Crippen LogP contribution < -0.4 is 4.62 Å². The van der Waals surface area contributed by atoms with Crippen molar-refractivity contribution >= 4 is 7.91 Å². The maximum absolute atomic E-state index is 13.5. The van der Waals surface area contributed by atoms with Crippen LogP contribution in [0.1, 0.15) is 33.6 Å². The molecule has 1 aromatic rings. The number of hydrogen-bond donors (Lipinski definition) is 0. The van der Waals surface area contributed by atoms with E-state index in [2.05, 4.69) is 23.5 Å². The van der Waals surface area contributed by atoms with Gasteiger partial charge in [0, 0.05) is 6.20 Å². The molecule has 1 heterocycles. The number of imidazole rings is 1. The van der Waals surface area contributed by atoms with Crippen LogP contribution in [0.4, 0.5) is 4.20 Å². The standard InChI is InChI=1S/C11H20FN2O3P/c1-4-5-10(2)11(3)8-16-18(12,15)17-14-7-6-13-9-14/h6-7,9-11H,4-5,8H2,1-3H3. The number of rotatable bonds is 8. The molecular weight excluding hydrogens is 258 g/mol. The second kappa shape index (κ2) is 6.90.